The molecule has 0 aliphatic rings. The van der Waals surface area contributed by atoms with Crippen molar-refractivity contribution in [1.82, 2.24) is 15.4 Å². The molecule has 134 valence electrons. The van der Waals surface area contributed by atoms with Gasteiger partial charge in [-0.3, -0.25) is 9.59 Å². The molecule has 1 aromatic heterocycles. The molecule has 25 heavy (non-hydrogen) atoms. The van der Waals surface area contributed by atoms with Crippen LogP contribution in [0.5, 0.6) is 0 Å². The van der Waals surface area contributed by atoms with E-state index in [0.717, 1.165) is 6.07 Å². The lowest BCUT2D eigenvalue weighted by molar-refractivity contribution is -0.120. The van der Waals surface area contributed by atoms with Gasteiger partial charge in [0.2, 0.25) is 15.9 Å². The van der Waals surface area contributed by atoms with E-state index in [1.54, 1.807) is 12.1 Å². The Bertz CT molecular complexity index is 865. The molecule has 0 atom stereocenters. The molecule has 1 aromatic carbocycles. The fourth-order valence-electron chi connectivity index (χ4n) is 1.88. The third kappa shape index (κ3) is 5.05. The first-order chi connectivity index (χ1) is 11.8. The Kier molecular flexibility index (Phi) is 6.18. The molecule has 0 bridgehead atoms. The predicted octanol–water partition coefficient (Wildman–Crippen LogP) is 0.887. The number of amides is 2. The zero-order valence-corrected chi connectivity index (χ0v) is 14.8. The van der Waals surface area contributed by atoms with Crippen molar-refractivity contribution >= 4 is 33.4 Å². The van der Waals surface area contributed by atoms with Gasteiger partial charge in [0.25, 0.3) is 5.91 Å². The maximum absolute atomic E-state index is 12.2. The summed E-state index contributed by atoms with van der Waals surface area (Å²) in [6, 6.07) is 7.12. The number of carbonyl (C=O) groups excluding carboxylic acids is 2. The summed E-state index contributed by atoms with van der Waals surface area (Å²) < 4.78 is 30.8. The van der Waals surface area contributed by atoms with E-state index in [1.165, 1.54) is 25.4 Å². The van der Waals surface area contributed by atoms with Crippen LogP contribution in [-0.2, 0) is 21.4 Å². The largest absolute Gasteiger partial charge is 0.467 e. The lowest BCUT2D eigenvalue weighted by Crippen LogP contribution is -2.36. The smallest absolute Gasteiger partial charge is 0.253 e. The second-order valence-electron chi connectivity index (χ2n) is 4.89. The number of nitrogens with one attached hydrogen (secondary N) is 3. The van der Waals surface area contributed by atoms with Gasteiger partial charge in [0.1, 0.15) is 5.76 Å². The lowest BCUT2D eigenvalue weighted by atomic mass is 10.2. The van der Waals surface area contributed by atoms with E-state index in [9.17, 15) is 18.0 Å². The van der Waals surface area contributed by atoms with Crippen LogP contribution in [0.4, 0.5) is 0 Å². The summed E-state index contributed by atoms with van der Waals surface area (Å²) in [7, 11) is -2.46. The Hall–Kier alpha value is -2.36. The molecule has 8 nitrogen and oxygen atoms in total. The summed E-state index contributed by atoms with van der Waals surface area (Å²) in [5.41, 5.74) is -0.0446. The average Bonchev–Trinajstić information content (AvgIpc) is 3.11. The van der Waals surface area contributed by atoms with Crippen LogP contribution < -0.4 is 15.4 Å². The fraction of sp³-hybridized carbons (Fsp3) is 0.200. The molecule has 0 unspecified atom stereocenters. The van der Waals surface area contributed by atoms with Gasteiger partial charge in [-0.15, -0.1) is 0 Å². The molecule has 2 amide bonds. The molecular formula is C15H16ClN3O5S. The number of hydrogen-bond donors (Lipinski definition) is 3. The first kappa shape index (κ1) is 19.0. The van der Waals surface area contributed by atoms with Crippen molar-refractivity contribution in [2.75, 3.05) is 13.6 Å². The molecule has 0 spiro atoms. The summed E-state index contributed by atoms with van der Waals surface area (Å²) in [6.45, 7) is -0.1000. The Morgan fingerprint density at radius 3 is 2.60 bits per heavy atom. The SMILES string of the molecule is CNS(=O)(=O)c1ccc(Cl)c(C(=O)NCC(=O)NCc2ccco2)c1. The van der Waals surface area contributed by atoms with Crippen LogP contribution in [0.15, 0.2) is 45.9 Å². The van der Waals surface area contributed by atoms with E-state index in [1.807, 2.05) is 0 Å². The number of hydrogen-bond acceptors (Lipinski definition) is 5. The van der Waals surface area contributed by atoms with E-state index in [2.05, 4.69) is 15.4 Å². The van der Waals surface area contributed by atoms with Crippen LogP contribution in [0.3, 0.4) is 0 Å². The van der Waals surface area contributed by atoms with Gasteiger partial charge >= 0.3 is 0 Å². The number of halogens is 1. The van der Waals surface area contributed by atoms with Crippen molar-refractivity contribution in [3.63, 3.8) is 0 Å². The predicted molar refractivity (Wildman–Crippen MR) is 90.6 cm³/mol. The van der Waals surface area contributed by atoms with E-state index in [0.29, 0.717) is 5.76 Å². The lowest BCUT2D eigenvalue weighted by Gasteiger charge is -2.09. The Morgan fingerprint density at radius 1 is 1.20 bits per heavy atom. The van der Waals surface area contributed by atoms with Crippen molar-refractivity contribution in [3.05, 3.63) is 52.9 Å². The molecule has 1 heterocycles. The first-order valence-corrected chi connectivity index (χ1v) is 9.00. The maximum atomic E-state index is 12.2. The highest BCUT2D eigenvalue weighted by atomic mass is 35.5. The molecule has 3 N–H and O–H groups in total. The fourth-order valence-corrected chi connectivity index (χ4v) is 2.84. The third-order valence-electron chi connectivity index (χ3n) is 3.21. The molecule has 0 saturated heterocycles. The quantitative estimate of drug-likeness (QED) is 0.654. The van der Waals surface area contributed by atoms with Crippen molar-refractivity contribution in [2.45, 2.75) is 11.4 Å². The molecule has 0 saturated carbocycles. The Balaban J connectivity index is 1.98. The average molecular weight is 386 g/mol. The monoisotopic (exact) mass is 385 g/mol. The minimum Gasteiger partial charge on any atom is -0.467 e. The summed E-state index contributed by atoms with van der Waals surface area (Å²) in [5.74, 6) is -0.515. The van der Waals surface area contributed by atoms with Gasteiger partial charge in [-0.2, -0.15) is 0 Å². The Labute approximate surface area is 149 Å². The minimum absolute atomic E-state index is 0.0446. The van der Waals surface area contributed by atoms with Gasteiger partial charge in [0.05, 0.1) is 34.8 Å². The van der Waals surface area contributed by atoms with Crippen LogP contribution in [0.25, 0.3) is 0 Å². The summed E-state index contributed by atoms with van der Waals surface area (Å²) in [5, 5.41) is 5.02. The van der Waals surface area contributed by atoms with Crippen LogP contribution in [0, 0.1) is 0 Å². The zero-order chi connectivity index (χ0) is 18.4. The number of carbonyl (C=O) groups is 2. The van der Waals surface area contributed by atoms with E-state index in [-0.39, 0.29) is 28.6 Å². The van der Waals surface area contributed by atoms with Gasteiger partial charge in [-0.1, -0.05) is 11.6 Å². The van der Waals surface area contributed by atoms with Crippen molar-refractivity contribution in [3.8, 4) is 0 Å². The summed E-state index contributed by atoms with van der Waals surface area (Å²) >= 11 is 5.94. The van der Waals surface area contributed by atoms with Crippen molar-refractivity contribution in [2.24, 2.45) is 0 Å². The van der Waals surface area contributed by atoms with E-state index < -0.39 is 21.8 Å². The molecule has 0 fully saturated rings. The van der Waals surface area contributed by atoms with Gasteiger partial charge in [-0.25, -0.2) is 13.1 Å². The van der Waals surface area contributed by atoms with Crippen LogP contribution in [0.2, 0.25) is 5.02 Å². The highest BCUT2D eigenvalue weighted by Crippen LogP contribution is 2.20. The third-order valence-corrected chi connectivity index (χ3v) is 4.95. The molecule has 2 rings (SSSR count). The normalized spacial score (nSPS) is 11.1. The van der Waals surface area contributed by atoms with Crippen LogP contribution >= 0.6 is 11.6 Å². The molecule has 10 heteroatoms. The first-order valence-electron chi connectivity index (χ1n) is 7.14. The summed E-state index contributed by atoms with van der Waals surface area (Å²) in [6.07, 6.45) is 1.48. The van der Waals surface area contributed by atoms with E-state index >= 15 is 0 Å². The highest BCUT2D eigenvalue weighted by Gasteiger charge is 2.17. The van der Waals surface area contributed by atoms with Crippen molar-refractivity contribution < 1.29 is 22.4 Å². The number of rotatable bonds is 7. The standard InChI is InChI=1S/C15H16ClN3O5S/c1-17-25(22,23)11-4-5-13(16)12(7-11)15(21)19-9-14(20)18-8-10-3-2-6-24-10/h2-7,17H,8-9H2,1H3,(H,18,20)(H,19,21). The number of furan rings is 1. The molecule has 0 aliphatic heterocycles. The van der Waals surface area contributed by atoms with Crippen LogP contribution in [0.1, 0.15) is 16.1 Å². The van der Waals surface area contributed by atoms with Gasteiger partial charge in [0, 0.05) is 0 Å². The highest BCUT2D eigenvalue weighted by molar-refractivity contribution is 7.89. The van der Waals surface area contributed by atoms with Gasteiger partial charge < -0.3 is 15.1 Å². The van der Waals surface area contributed by atoms with Crippen LogP contribution in [-0.4, -0.2) is 33.8 Å². The zero-order valence-electron chi connectivity index (χ0n) is 13.2. The molecule has 2 aromatic rings. The molecular weight excluding hydrogens is 370 g/mol. The summed E-state index contributed by atoms with van der Waals surface area (Å²) in [4.78, 5) is 23.8. The molecule has 0 aliphatic carbocycles. The van der Waals surface area contributed by atoms with Gasteiger partial charge in [0.15, 0.2) is 0 Å². The molecule has 0 radical (unpaired) electrons. The van der Waals surface area contributed by atoms with Crippen molar-refractivity contribution in [1.29, 1.82) is 0 Å². The van der Waals surface area contributed by atoms with Gasteiger partial charge in [-0.05, 0) is 37.4 Å². The maximum Gasteiger partial charge on any atom is 0.253 e. The van der Waals surface area contributed by atoms with E-state index in [4.69, 9.17) is 16.0 Å². The Morgan fingerprint density at radius 2 is 1.96 bits per heavy atom. The second-order valence-corrected chi connectivity index (χ2v) is 7.18. The number of benzene rings is 1. The topological polar surface area (TPSA) is 118 Å². The number of sulfonamides is 1. The second kappa shape index (κ2) is 8.15. The minimum atomic E-state index is -3.71.